The number of halogens is 1. The summed E-state index contributed by atoms with van der Waals surface area (Å²) in [4.78, 5) is 14.0. The van der Waals surface area contributed by atoms with Crippen LogP contribution in [0.1, 0.15) is 16.8 Å². The molecular weight excluding hydrogens is 280 g/mol. The summed E-state index contributed by atoms with van der Waals surface area (Å²) in [5, 5.41) is 10.9. The van der Waals surface area contributed by atoms with E-state index in [0.29, 0.717) is 12.1 Å². The minimum Gasteiger partial charge on any atom is -0.337 e. The standard InChI is InChI=1S/C12H14N6O.ClH/c13-10-5-6-17(7-10)12(19)9-1-3-11(4-2-9)18-8-14-15-16-18;/h1-4,8,10H,5-7,13H2;1H/t10-;/m0./s1. The van der Waals surface area contributed by atoms with Crippen LogP contribution in [0, 0.1) is 0 Å². The Morgan fingerprint density at radius 2 is 2.05 bits per heavy atom. The molecule has 0 radical (unpaired) electrons. The van der Waals surface area contributed by atoms with E-state index in [4.69, 9.17) is 5.73 Å². The van der Waals surface area contributed by atoms with Gasteiger partial charge in [0.25, 0.3) is 5.91 Å². The van der Waals surface area contributed by atoms with Crippen molar-refractivity contribution in [2.75, 3.05) is 13.1 Å². The van der Waals surface area contributed by atoms with Crippen molar-refractivity contribution in [1.82, 2.24) is 25.1 Å². The lowest BCUT2D eigenvalue weighted by atomic mass is 10.2. The van der Waals surface area contributed by atoms with Crippen LogP contribution in [0.5, 0.6) is 0 Å². The second kappa shape index (κ2) is 5.98. The second-order valence-electron chi connectivity index (χ2n) is 4.60. The first kappa shape index (κ1) is 14.4. The number of hydrogen-bond acceptors (Lipinski definition) is 5. The summed E-state index contributed by atoms with van der Waals surface area (Å²) in [7, 11) is 0. The lowest BCUT2D eigenvalue weighted by molar-refractivity contribution is 0.0791. The van der Waals surface area contributed by atoms with Gasteiger partial charge in [-0.15, -0.1) is 17.5 Å². The quantitative estimate of drug-likeness (QED) is 0.858. The number of carbonyl (C=O) groups excluding carboxylic acids is 1. The van der Waals surface area contributed by atoms with Crippen molar-refractivity contribution in [3.05, 3.63) is 36.2 Å². The monoisotopic (exact) mass is 294 g/mol. The van der Waals surface area contributed by atoms with Crippen LogP contribution in [0.4, 0.5) is 0 Å². The van der Waals surface area contributed by atoms with E-state index in [2.05, 4.69) is 15.5 Å². The summed E-state index contributed by atoms with van der Waals surface area (Å²) in [5.74, 6) is 0.0243. The highest BCUT2D eigenvalue weighted by Crippen LogP contribution is 2.14. The van der Waals surface area contributed by atoms with Gasteiger partial charge in [-0.1, -0.05) is 0 Å². The summed E-state index contributed by atoms with van der Waals surface area (Å²) in [5.41, 5.74) is 7.29. The predicted molar refractivity (Wildman–Crippen MR) is 74.9 cm³/mol. The Labute approximate surface area is 122 Å². The third-order valence-corrected chi connectivity index (χ3v) is 3.24. The minimum atomic E-state index is 0. The Bertz CT molecular complexity index is 570. The normalized spacial score (nSPS) is 17.9. The van der Waals surface area contributed by atoms with Crippen LogP contribution in [0.15, 0.2) is 30.6 Å². The molecule has 0 aliphatic carbocycles. The van der Waals surface area contributed by atoms with Crippen molar-refractivity contribution in [3.63, 3.8) is 0 Å². The zero-order chi connectivity index (χ0) is 13.2. The maximum absolute atomic E-state index is 12.2. The van der Waals surface area contributed by atoms with Crippen LogP contribution in [0.2, 0.25) is 0 Å². The molecule has 0 spiro atoms. The average molecular weight is 295 g/mol. The molecule has 2 aromatic rings. The molecule has 1 atom stereocenters. The number of hydrogen-bond donors (Lipinski definition) is 1. The molecule has 1 aromatic heterocycles. The topological polar surface area (TPSA) is 89.9 Å². The van der Waals surface area contributed by atoms with Crippen LogP contribution in [-0.2, 0) is 0 Å². The first-order chi connectivity index (χ1) is 9.24. The zero-order valence-electron chi connectivity index (χ0n) is 10.7. The Morgan fingerprint density at radius 3 is 2.60 bits per heavy atom. The SMILES string of the molecule is Cl.N[C@H]1CCN(C(=O)c2ccc(-n3cnnn3)cc2)C1. The van der Waals surface area contributed by atoms with Crippen LogP contribution in [0.25, 0.3) is 5.69 Å². The lowest BCUT2D eigenvalue weighted by Gasteiger charge is -2.15. The maximum Gasteiger partial charge on any atom is 0.253 e. The third kappa shape index (κ3) is 2.78. The van der Waals surface area contributed by atoms with Crippen LogP contribution < -0.4 is 5.73 Å². The van der Waals surface area contributed by atoms with E-state index in [-0.39, 0.29) is 24.4 Å². The van der Waals surface area contributed by atoms with Crippen molar-refractivity contribution in [2.24, 2.45) is 5.73 Å². The number of amides is 1. The van der Waals surface area contributed by atoms with Crippen molar-refractivity contribution in [3.8, 4) is 5.69 Å². The number of likely N-dealkylation sites (tertiary alicyclic amines) is 1. The van der Waals surface area contributed by atoms with Crippen molar-refractivity contribution >= 4 is 18.3 Å². The number of nitrogens with zero attached hydrogens (tertiary/aromatic N) is 5. The smallest absolute Gasteiger partial charge is 0.253 e. The van der Waals surface area contributed by atoms with Crippen molar-refractivity contribution < 1.29 is 4.79 Å². The number of rotatable bonds is 2. The van der Waals surface area contributed by atoms with Gasteiger partial charge in [0.05, 0.1) is 5.69 Å². The molecule has 1 aliphatic rings. The number of carbonyl (C=O) groups is 1. The molecule has 1 aliphatic heterocycles. The Kier molecular flexibility index (Phi) is 4.31. The van der Waals surface area contributed by atoms with Crippen LogP contribution in [0.3, 0.4) is 0 Å². The average Bonchev–Trinajstić information content (AvgIpc) is 3.09. The summed E-state index contributed by atoms with van der Waals surface area (Å²) in [6.45, 7) is 1.36. The Hall–Kier alpha value is -1.99. The molecule has 1 aromatic carbocycles. The van der Waals surface area contributed by atoms with E-state index in [1.165, 1.54) is 6.33 Å². The van der Waals surface area contributed by atoms with Crippen molar-refractivity contribution in [2.45, 2.75) is 12.5 Å². The number of benzene rings is 1. The van der Waals surface area contributed by atoms with Crippen LogP contribution >= 0.6 is 12.4 Å². The van der Waals surface area contributed by atoms with Gasteiger partial charge in [0.15, 0.2) is 0 Å². The molecule has 3 rings (SSSR count). The van der Waals surface area contributed by atoms with Crippen LogP contribution in [-0.4, -0.2) is 50.1 Å². The highest BCUT2D eigenvalue weighted by atomic mass is 35.5. The highest BCUT2D eigenvalue weighted by molar-refractivity contribution is 5.94. The Morgan fingerprint density at radius 1 is 1.30 bits per heavy atom. The summed E-state index contributed by atoms with van der Waals surface area (Å²) >= 11 is 0. The minimum absolute atomic E-state index is 0. The number of tetrazole rings is 1. The molecule has 0 saturated carbocycles. The van der Waals surface area contributed by atoms with E-state index in [1.54, 1.807) is 21.7 Å². The molecule has 8 heteroatoms. The van der Waals surface area contributed by atoms with Gasteiger partial charge in [-0.05, 0) is 41.1 Å². The summed E-state index contributed by atoms with van der Waals surface area (Å²) in [6.07, 6.45) is 2.38. The third-order valence-electron chi connectivity index (χ3n) is 3.24. The van der Waals surface area contributed by atoms with Gasteiger partial charge < -0.3 is 10.6 Å². The molecule has 1 saturated heterocycles. The molecule has 1 fully saturated rings. The molecule has 1 amide bonds. The molecular formula is C12H15ClN6O. The molecule has 2 N–H and O–H groups in total. The molecule has 0 unspecified atom stereocenters. The van der Waals surface area contributed by atoms with E-state index in [9.17, 15) is 4.79 Å². The van der Waals surface area contributed by atoms with E-state index >= 15 is 0 Å². The fourth-order valence-electron chi connectivity index (χ4n) is 2.19. The van der Waals surface area contributed by atoms with Gasteiger partial charge in [-0.25, -0.2) is 4.68 Å². The van der Waals surface area contributed by atoms with Gasteiger partial charge in [0.1, 0.15) is 6.33 Å². The van der Waals surface area contributed by atoms with E-state index in [0.717, 1.165) is 18.7 Å². The molecule has 106 valence electrons. The summed E-state index contributed by atoms with van der Waals surface area (Å²) in [6, 6.07) is 7.30. The van der Waals surface area contributed by atoms with E-state index < -0.39 is 0 Å². The molecule has 7 nitrogen and oxygen atoms in total. The number of nitrogens with two attached hydrogens (primary N) is 1. The Balaban J connectivity index is 0.00000147. The highest BCUT2D eigenvalue weighted by Gasteiger charge is 2.24. The lowest BCUT2D eigenvalue weighted by Crippen LogP contribution is -2.31. The first-order valence-corrected chi connectivity index (χ1v) is 6.12. The van der Waals surface area contributed by atoms with Gasteiger partial charge in [-0.2, -0.15) is 0 Å². The fourth-order valence-corrected chi connectivity index (χ4v) is 2.19. The molecule has 20 heavy (non-hydrogen) atoms. The maximum atomic E-state index is 12.2. The predicted octanol–water partition coefficient (Wildman–Crippen LogP) is 0.257. The number of aromatic nitrogens is 4. The molecule has 2 heterocycles. The van der Waals surface area contributed by atoms with Gasteiger partial charge in [-0.3, -0.25) is 4.79 Å². The first-order valence-electron chi connectivity index (χ1n) is 6.12. The summed E-state index contributed by atoms with van der Waals surface area (Å²) < 4.78 is 1.54. The van der Waals surface area contributed by atoms with Crippen molar-refractivity contribution in [1.29, 1.82) is 0 Å². The molecule has 0 bridgehead atoms. The second-order valence-corrected chi connectivity index (χ2v) is 4.60. The van der Waals surface area contributed by atoms with Gasteiger partial charge in [0.2, 0.25) is 0 Å². The largest absolute Gasteiger partial charge is 0.337 e. The fraction of sp³-hybridized carbons (Fsp3) is 0.333. The van der Waals surface area contributed by atoms with Gasteiger partial charge in [0, 0.05) is 24.7 Å². The van der Waals surface area contributed by atoms with E-state index in [1.807, 2.05) is 12.1 Å². The van der Waals surface area contributed by atoms with Gasteiger partial charge >= 0.3 is 0 Å². The zero-order valence-corrected chi connectivity index (χ0v) is 11.5.